The van der Waals surface area contributed by atoms with E-state index in [4.69, 9.17) is 5.73 Å². The first-order valence-corrected chi connectivity index (χ1v) is 7.78. The van der Waals surface area contributed by atoms with Crippen LogP contribution in [0.3, 0.4) is 0 Å². The Morgan fingerprint density at radius 3 is 2.68 bits per heavy atom. The quantitative estimate of drug-likeness (QED) is 0.911. The van der Waals surface area contributed by atoms with Crippen LogP contribution in [0.2, 0.25) is 0 Å². The monoisotopic (exact) mass is 299 g/mol. The van der Waals surface area contributed by atoms with E-state index in [2.05, 4.69) is 4.98 Å². The minimum absolute atomic E-state index is 0.0278. The Bertz CT molecular complexity index is 735. The van der Waals surface area contributed by atoms with Crippen LogP contribution in [0.25, 0.3) is 10.9 Å². The lowest BCUT2D eigenvalue weighted by atomic mass is 9.89. The molecule has 0 radical (unpaired) electrons. The molecule has 5 nitrogen and oxygen atoms in total. The fourth-order valence-corrected chi connectivity index (χ4v) is 3.54. The van der Waals surface area contributed by atoms with Gasteiger partial charge in [-0.3, -0.25) is 9.59 Å². The van der Waals surface area contributed by atoms with Crippen LogP contribution in [-0.2, 0) is 16.0 Å². The van der Waals surface area contributed by atoms with Crippen molar-refractivity contribution < 1.29 is 9.59 Å². The summed E-state index contributed by atoms with van der Waals surface area (Å²) >= 11 is 0. The maximum Gasteiger partial charge on any atom is 0.240 e. The van der Waals surface area contributed by atoms with Crippen molar-refractivity contribution in [3.8, 4) is 0 Å². The second kappa shape index (κ2) is 5.48. The summed E-state index contributed by atoms with van der Waals surface area (Å²) in [6, 6.07) is 7.34. The zero-order valence-electron chi connectivity index (χ0n) is 12.9. The Hall–Kier alpha value is -2.30. The van der Waals surface area contributed by atoms with Crippen molar-refractivity contribution in [1.29, 1.82) is 0 Å². The average molecular weight is 299 g/mol. The number of primary amides is 1. The Kier molecular flexibility index (Phi) is 3.64. The lowest BCUT2D eigenvalue weighted by Crippen LogP contribution is -2.53. The van der Waals surface area contributed by atoms with E-state index in [9.17, 15) is 9.59 Å². The second-order valence-corrected chi connectivity index (χ2v) is 5.76. The zero-order chi connectivity index (χ0) is 15.9. The molecular weight excluding hydrogens is 278 g/mol. The fraction of sp³-hybridized carbons (Fsp3) is 0.412. The average Bonchev–Trinajstić information content (AvgIpc) is 2.90. The van der Waals surface area contributed by atoms with Crippen molar-refractivity contribution in [2.45, 2.75) is 45.2 Å². The SMILES string of the molecule is CCC(=O)N1C(CC)c2[nH]c3ccccc3c2C[C@@H]1C(N)=O. The van der Waals surface area contributed by atoms with Crippen LogP contribution < -0.4 is 5.73 Å². The van der Waals surface area contributed by atoms with Crippen molar-refractivity contribution in [3.63, 3.8) is 0 Å². The van der Waals surface area contributed by atoms with Crippen molar-refractivity contribution >= 4 is 22.7 Å². The van der Waals surface area contributed by atoms with E-state index in [1.165, 1.54) is 0 Å². The van der Waals surface area contributed by atoms with E-state index in [0.717, 1.165) is 28.6 Å². The van der Waals surface area contributed by atoms with E-state index in [1.54, 1.807) is 4.90 Å². The summed E-state index contributed by atoms with van der Waals surface area (Å²) in [7, 11) is 0. The van der Waals surface area contributed by atoms with Crippen LogP contribution in [0.15, 0.2) is 24.3 Å². The smallest absolute Gasteiger partial charge is 0.240 e. The van der Waals surface area contributed by atoms with Gasteiger partial charge in [-0.25, -0.2) is 0 Å². The number of amides is 2. The molecule has 0 saturated carbocycles. The molecule has 1 unspecified atom stereocenters. The van der Waals surface area contributed by atoms with E-state index in [0.29, 0.717) is 12.8 Å². The minimum atomic E-state index is -0.566. The first-order chi connectivity index (χ1) is 10.6. The van der Waals surface area contributed by atoms with Gasteiger partial charge in [-0.15, -0.1) is 0 Å². The molecule has 1 aromatic carbocycles. The molecule has 2 atom stereocenters. The first kappa shape index (κ1) is 14.6. The van der Waals surface area contributed by atoms with Crippen LogP contribution in [0, 0.1) is 0 Å². The highest BCUT2D eigenvalue weighted by molar-refractivity contribution is 5.91. The summed E-state index contributed by atoms with van der Waals surface area (Å²) < 4.78 is 0. The van der Waals surface area contributed by atoms with E-state index in [1.807, 2.05) is 38.1 Å². The molecule has 0 aliphatic carbocycles. The molecule has 3 N–H and O–H groups in total. The number of hydrogen-bond donors (Lipinski definition) is 2. The summed E-state index contributed by atoms with van der Waals surface area (Å²) in [5.74, 6) is -0.462. The molecule has 0 fully saturated rings. The largest absolute Gasteiger partial charge is 0.368 e. The number of hydrogen-bond acceptors (Lipinski definition) is 2. The van der Waals surface area contributed by atoms with Gasteiger partial charge in [0.1, 0.15) is 6.04 Å². The maximum absolute atomic E-state index is 12.4. The van der Waals surface area contributed by atoms with Gasteiger partial charge in [0.15, 0.2) is 0 Å². The van der Waals surface area contributed by atoms with Gasteiger partial charge in [0.25, 0.3) is 0 Å². The Balaban J connectivity index is 2.19. The van der Waals surface area contributed by atoms with Crippen LogP contribution in [0.4, 0.5) is 0 Å². The van der Waals surface area contributed by atoms with E-state index >= 15 is 0 Å². The minimum Gasteiger partial charge on any atom is -0.368 e. The van der Waals surface area contributed by atoms with E-state index in [-0.39, 0.29) is 11.9 Å². The molecule has 1 aliphatic heterocycles. The number of H-pyrrole nitrogens is 1. The summed E-state index contributed by atoms with van der Waals surface area (Å²) in [5, 5.41) is 1.12. The maximum atomic E-state index is 12.4. The number of nitrogens with one attached hydrogen (secondary N) is 1. The lowest BCUT2D eigenvalue weighted by Gasteiger charge is -2.40. The van der Waals surface area contributed by atoms with Crippen molar-refractivity contribution in [1.82, 2.24) is 9.88 Å². The lowest BCUT2D eigenvalue weighted by molar-refractivity contribution is -0.143. The molecular formula is C17H21N3O2. The number of carbonyl (C=O) groups is 2. The highest BCUT2D eigenvalue weighted by Gasteiger charge is 2.40. The number of aromatic amines is 1. The summed E-state index contributed by atoms with van der Waals surface area (Å²) in [5.41, 5.74) is 8.80. The van der Waals surface area contributed by atoms with Crippen molar-refractivity contribution in [2.75, 3.05) is 0 Å². The van der Waals surface area contributed by atoms with Crippen LogP contribution in [0.5, 0.6) is 0 Å². The summed E-state index contributed by atoms with van der Waals surface area (Å²) in [6.07, 6.45) is 1.60. The third-order valence-electron chi connectivity index (χ3n) is 4.55. The molecule has 2 amide bonds. The fourth-order valence-electron chi connectivity index (χ4n) is 3.54. The van der Waals surface area contributed by atoms with Crippen LogP contribution in [0.1, 0.15) is 44.0 Å². The van der Waals surface area contributed by atoms with Gasteiger partial charge in [0, 0.05) is 29.4 Å². The van der Waals surface area contributed by atoms with Gasteiger partial charge in [-0.05, 0) is 18.1 Å². The van der Waals surface area contributed by atoms with Crippen LogP contribution >= 0.6 is 0 Å². The molecule has 2 heterocycles. The zero-order valence-corrected chi connectivity index (χ0v) is 12.9. The summed E-state index contributed by atoms with van der Waals surface area (Å²) in [4.78, 5) is 29.4. The third-order valence-corrected chi connectivity index (χ3v) is 4.55. The number of nitrogens with two attached hydrogens (primary N) is 1. The molecule has 0 spiro atoms. The molecule has 2 aromatic rings. The number of fused-ring (bicyclic) bond motifs is 3. The summed E-state index contributed by atoms with van der Waals surface area (Å²) in [6.45, 7) is 3.84. The predicted octanol–water partition coefficient (Wildman–Crippen LogP) is 2.27. The normalized spacial score (nSPS) is 20.9. The molecule has 5 heteroatoms. The Morgan fingerprint density at radius 2 is 2.05 bits per heavy atom. The number of benzene rings is 1. The second-order valence-electron chi connectivity index (χ2n) is 5.76. The molecule has 3 rings (SSSR count). The Labute approximate surface area is 129 Å². The number of nitrogens with zero attached hydrogens (tertiary/aromatic N) is 1. The number of aromatic nitrogens is 1. The van der Waals surface area contributed by atoms with Gasteiger partial charge < -0.3 is 15.6 Å². The van der Waals surface area contributed by atoms with Gasteiger partial charge in [-0.1, -0.05) is 32.0 Å². The molecule has 116 valence electrons. The van der Waals surface area contributed by atoms with Crippen molar-refractivity contribution in [3.05, 3.63) is 35.5 Å². The Morgan fingerprint density at radius 1 is 1.32 bits per heavy atom. The molecule has 1 aliphatic rings. The predicted molar refractivity (Wildman–Crippen MR) is 85.2 cm³/mol. The van der Waals surface area contributed by atoms with Gasteiger partial charge >= 0.3 is 0 Å². The number of para-hydroxylation sites is 1. The van der Waals surface area contributed by atoms with Gasteiger partial charge in [0.05, 0.1) is 6.04 Å². The number of rotatable bonds is 3. The molecule has 0 bridgehead atoms. The molecule has 0 saturated heterocycles. The first-order valence-electron chi connectivity index (χ1n) is 7.78. The van der Waals surface area contributed by atoms with E-state index < -0.39 is 11.9 Å². The topological polar surface area (TPSA) is 79.2 Å². The highest BCUT2D eigenvalue weighted by atomic mass is 16.2. The third kappa shape index (κ3) is 2.08. The molecule has 22 heavy (non-hydrogen) atoms. The van der Waals surface area contributed by atoms with Crippen LogP contribution in [-0.4, -0.2) is 27.7 Å². The van der Waals surface area contributed by atoms with Gasteiger partial charge in [-0.2, -0.15) is 0 Å². The van der Waals surface area contributed by atoms with Gasteiger partial charge in [0.2, 0.25) is 11.8 Å². The molecule has 1 aromatic heterocycles. The standard InChI is InChI=1S/C17H21N3O2/c1-3-13-16-11(10-7-5-6-8-12(10)19-16)9-14(17(18)22)20(13)15(21)4-2/h5-8,13-14,19H,3-4,9H2,1-2H3,(H2,18,22)/t13?,14-/m1/s1. The van der Waals surface area contributed by atoms with Crippen molar-refractivity contribution in [2.24, 2.45) is 5.73 Å². The highest BCUT2D eigenvalue weighted by Crippen LogP contribution is 2.39. The number of carbonyl (C=O) groups excluding carboxylic acids is 2.